The lowest BCUT2D eigenvalue weighted by atomic mass is 9.68. The number of hydrogen-bond donors (Lipinski definition) is 0. The van der Waals surface area contributed by atoms with Crippen molar-refractivity contribution in [3.8, 4) is 78.7 Å². The zero-order valence-electron chi connectivity index (χ0n) is 33.5. The van der Waals surface area contributed by atoms with Gasteiger partial charge < -0.3 is 0 Å². The summed E-state index contributed by atoms with van der Waals surface area (Å²) in [6.45, 7) is 0. The van der Waals surface area contributed by atoms with Crippen LogP contribution in [-0.4, -0.2) is 15.0 Å². The van der Waals surface area contributed by atoms with Gasteiger partial charge in [-0.1, -0.05) is 194 Å². The summed E-state index contributed by atoms with van der Waals surface area (Å²) < 4.78 is 2.61. The summed E-state index contributed by atoms with van der Waals surface area (Å²) in [6.07, 6.45) is 0. The molecule has 62 heavy (non-hydrogen) atoms. The Labute approximate surface area is 363 Å². The maximum atomic E-state index is 5.33. The lowest BCUT2D eigenvalue weighted by Gasteiger charge is -2.32. The molecule has 288 valence electrons. The second-order valence-electron chi connectivity index (χ2n) is 16.2. The van der Waals surface area contributed by atoms with Crippen molar-refractivity contribution in [1.82, 2.24) is 15.0 Å². The Hall–Kier alpha value is -7.79. The van der Waals surface area contributed by atoms with E-state index in [1.807, 2.05) is 29.5 Å². The molecule has 0 bridgehead atoms. The molecule has 0 saturated heterocycles. The normalized spacial score (nSPS) is 13.0. The molecule has 4 heteroatoms. The van der Waals surface area contributed by atoms with Crippen LogP contribution in [0.4, 0.5) is 0 Å². The van der Waals surface area contributed by atoms with E-state index in [9.17, 15) is 0 Å². The highest BCUT2D eigenvalue weighted by Crippen LogP contribution is 2.64. The van der Waals surface area contributed by atoms with Gasteiger partial charge in [-0.15, -0.1) is 11.3 Å². The molecule has 1 spiro atoms. The molecular formula is C58H35N3S. The fourth-order valence-corrected chi connectivity index (χ4v) is 11.4. The molecule has 0 amide bonds. The van der Waals surface area contributed by atoms with E-state index in [4.69, 9.17) is 15.0 Å². The van der Waals surface area contributed by atoms with E-state index in [1.54, 1.807) is 0 Å². The number of nitrogens with zero attached hydrogens (tertiary/aromatic N) is 3. The number of benzene rings is 9. The molecule has 0 atom stereocenters. The Morgan fingerprint density at radius 1 is 0.290 bits per heavy atom. The number of aromatic nitrogens is 3. The first kappa shape index (κ1) is 35.0. The van der Waals surface area contributed by atoms with E-state index >= 15 is 0 Å². The van der Waals surface area contributed by atoms with E-state index in [0.717, 1.165) is 27.8 Å². The predicted octanol–water partition coefficient (Wildman–Crippen LogP) is 14.9. The highest BCUT2D eigenvalue weighted by molar-refractivity contribution is 7.25. The van der Waals surface area contributed by atoms with Gasteiger partial charge in [0.05, 0.1) is 5.41 Å². The van der Waals surface area contributed by atoms with Crippen molar-refractivity contribution in [1.29, 1.82) is 0 Å². The smallest absolute Gasteiger partial charge is 0.164 e. The second kappa shape index (κ2) is 13.6. The average Bonchev–Trinajstić information content (AvgIpc) is 3.98. The van der Waals surface area contributed by atoms with E-state index in [0.29, 0.717) is 17.5 Å². The van der Waals surface area contributed by atoms with Gasteiger partial charge in [-0.2, -0.15) is 0 Å². The van der Waals surface area contributed by atoms with Crippen molar-refractivity contribution in [3.63, 3.8) is 0 Å². The molecule has 0 radical (unpaired) electrons. The Kier molecular flexibility index (Phi) is 7.69. The zero-order valence-corrected chi connectivity index (χ0v) is 34.3. The minimum absolute atomic E-state index is 0.495. The second-order valence-corrected chi connectivity index (χ2v) is 17.3. The number of hydrogen-bond acceptors (Lipinski definition) is 4. The van der Waals surface area contributed by atoms with Crippen molar-refractivity contribution >= 4 is 31.5 Å². The summed E-state index contributed by atoms with van der Waals surface area (Å²) in [4.78, 5) is 15.7. The molecule has 0 N–H and O–H groups in total. The molecule has 3 nitrogen and oxygen atoms in total. The maximum absolute atomic E-state index is 5.33. The van der Waals surface area contributed by atoms with Gasteiger partial charge in [0.1, 0.15) is 0 Å². The molecule has 0 fully saturated rings. The van der Waals surface area contributed by atoms with Crippen LogP contribution < -0.4 is 0 Å². The minimum Gasteiger partial charge on any atom is -0.208 e. The molecule has 13 rings (SSSR count). The van der Waals surface area contributed by atoms with Crippen molar-refractivity contribution in [3.05, 3.63) is 235 Å². The molecule has 11 aromatic rings. The quantitative estimate of drug-likeness (QED) is 0.174. The third-order valence-corrected chi connectivity index (χ3v) is 14.1. The molecule has 9 aromatic carbocycles. The van der Waals surface area contributed by atoms with Gasteiger partial charge in [0.15, 0.2) is 17.5 Å². The fourth-order valence-electron chi connectivity index (χ4n) is 10.4. The molecule has 2 aliphatic carbocycles. The van der Waals surface area contributed by atoms with Crippen LogP contribution in [0.1, 0.15) is 22.3 Å². The monoisotopic (exact) mass is 805 g/mol. The topological polar surface area (TPSA) is 38.7 Å². The van der Waals surface area contributed by atoms with Crippen LogP contribution in [0, 0.1) is 0 Å². The molecule has 0 aliphatic heterocycles. The van der Waals surface area contributed by atoms with Crippen LogP contribution in [-0.2, 0) is 5.41 Å². The van der Waals surface area contributed by atoms with Gasteiger partial charge in [0, 0.05) is 36.9 Å². The van der Waals surface area contributed by atoms with Crippen LogP contribution in [0.15, 0.2) is 212 Å². The molecule has 2 heterocycles. The number of fused-ring (bicyclic) bond motifs is 13. The van der Waals surface area contributed by atoms with Crippen molar-refractivity contribution in [2.45, 2.75) is 5.41 Å². The van der Waals surface area contributed by atoms with Gasteiger partial charge >= 0.3 is 0 Å². The van der Waals surface area contributed by atoms with Crippen LogP contribution in [0.25, 0.3) is 98.8 Å². The average molecular weight is 806 g/mol. The summed E-state index contributed by atoms with van der Waals surface area (Å²) in [5.74, 6) is 1.91. The molecule has 2 aliphatic rings. The number of thiophene rings is 1. The SMILES string of the molecule is c1ccc(-c2nc(-c3ccc(-c4ccc5sc6ccccc6c5c4)cc3)nc(-c3ccccc3-c3cccc4c3C3(c5ccccc5-c5ccccc53)c3ccccc3-4)n2)cc1. The van der Waals surface area contributed by atoms with Crippen molar-refractivity contribution in [2.75, 3.05) is 0 Å². The van der Waals surface area contributed by atoms with Crippen LogP contribution in [0.2, 0.25) is 0 Å². The Balaban J connectivity index is 0.989. The largest absolute Gasteiger partial charge is 0.208 e. The van der Waals surface area contributed by atoms with Crippen LogP contribution in [0.5, 0.6) is 0 Å². The molecule has 0 unspecified atom stereocenters. The van der Waals surface area contributed by atoms with Gasteiger partial charge in [-0.25, -0.2) is 15.0 Å². The van der Waals surface area contributed by atoms with Crippen LogP contribution in [0.3, 0.4) is 0 Å². The first-order valence-electron chi connectivity index (χ1n) is 21.1. The summed E-state index contributed by atoms with van der Waals surface area (Å²) in [5.41, 5.74) is 17.3. The van der Waals surface area contributed by atoms with Gasteiger partial charge in [-0.05, 0) is 85.0 Å². The lowest BCUT2D eigenvalue weighted by Crippen LogP contribution is -2.26. The highest BCUT2D eigenvalue weighted by atomic mass is 32.1. The minimum atomic E-state index is -0.495. The Morgan fingerprint density at radius 3 is 1.42 bits per heavy atom. The van der Waals surface area contributed by atoms with E-state index in [2.05, 4.69) is 194 Å². The first-order valence-corrected chi connectivity index (χ1v) is 21.9. The predicted molar refractivity (Wildman–Crippen MR) is 256 cm³/mol. The molecular weight excluding hydrogens is 771 g/mol. The van der Waals surface area contributed by atoms with E-state index in [-0.39, 0.29) is 0 Å². The van der Waals surface area contributed by atoms with Crippen LogP contribution >= 0.6 is 11.3 Å². The maximum Gasteiger partial charge on any atom is 0.164 e. The molecule has 2 aromatic heterocycles. The standard InChI is InChI=1S/C58H35N3S/c1-2-15-37(16-3-1)55-59-56(38-31-29-36(30-32-38)39-33-34-53-48(35-39)44-21-9-13-28-52(44)62-53)61-57(60-55)47-22-5-4-17-40(47)45-23-14-24-46-43-20-8-12-27-51(43)58(54(45)46)49-25-10-6-18-41(49)42-19-7-11-26-50(42)58/h1-35H. The van der Waals surface area contributed by atoms with E-state index in [1.165, 1.54) is 75.8 Å². The van der Waals surface area contributed by atoms with Crippen molar-refractivity contribution < 1.29 is 0 Å². The zero-order chi connectivity index (χ0) is 40.8. The van der Waals surface area contributed by atoms with Gasteiger partial charge in [0.25, 0.3) is 0 Å². The number of rotatable bonds is 5. The Bertz CT molecular complexity index is 3520. The Morgan fingerprint density at radius 2 is 0.742 bits per heavy atom. The van der Waals surface area contributed by atoms with Gasteiger partial charge in [-0.3, -0.25) is 0 Å². The van der Waals surface area contributed by atoms with Crippen molar-refractivity contribution in [2.24, 2.45) is 0 Å². The summed E-state index contributed by atoms with van der Waals surface area (Å²) in [5, 5.41) is 2.59. The summed E-state index contributed by atoms with van der Waals surface area (Å²) >= 11 is 1.84. The summed E-state index contributed by atoms with van der Waals surface area (Å²) in [7, 11) is 0. The van der Waals surface area contributed by atoms with E-state index < -0.39 is 5.41 Å². The highest BCUT2D eigenvalue weighted by Gasteiger charge is 2.52. The fraction of sp³-hybridized carbons (Fsp3) is 0.0172. The lowest BCUT2D eigenvalue weighted by molar-refractivity contribution is 0.796. The third-order valence-electron chi connectivity index (χ3n) is 13.0. The molecule has 0 saturated carbocycles. The third kappa shape index (κ3) is 5.08. The summed E-state index contributed by atoms with van der Waals surface area (Å²) in [6, 6.07) is 76.8. The van der Waals surface area contributed by atoms with Gasteiger partial charge in [0.2, 0.25) is 0 Å². The first-order chi connectivity index (χ1) is 30.7.